The molecule has 1 aromatic carbocycles. The van der Waals surface area contributed by atoms with Gasteiger partial charge < -0.3 is 9.32 Å². The maximum Gasteiger partial charge on any atom is 0.262 e. The molecule has 0 N–H and O–H groups in total. The SMILES string of the molecule is CC1CCCCN1C(=O)CSc1nc2ccccc2c(=O)n1Cc1ccco1. The number of amides is 1. The summed E-state index contributed by atoms with van der Waals surface area (Å²) in [5.41, 5.74) is 0.521. The summed E-state index contributed by atoms with van der Waals surface area (Å²) in [6.45, 7) is 3.20. The summed E-state index contributed by atoms with van der Waals surface area (Å²) < 4.78 is 7.02. The molecular formula is C21H23N3O3S. The molecule has 3 aromatic rings. The van der Waals surface area contributed by atoms with E-state index in [1.165, 1.54) is 18.2 Å². The number of piperidine rings is 1. The van der Waals surface area contributed by atoms with Crippen molar-refractivity contribution < 1.29 is 9.21 Å². The number of nitrogens with zero attached hydrogens (tertiary/aromatic N) is 3. The quantitative estimate of drug-likeness (QED) is 0.487. The number of para-hydroxylation sites is 1. The van der Waals surface area contributed by atoms with E-state index in [4.69, 9.17) is 4.42 Å². The van der Waals surface area contributed by atoms with Gasteiger partial charge in [-0.25, -0.2) is 4.98 Å². The van der Waals surface area contributed by atoms with Crippen LogP contribution in [0.1, 0.15) is 31.9 Å². The van der Waals surface area contributed by atoms with E-state index in [0.717, 1.165) is 19.4 Å². The molecule has 1 amide bonds. The van der Waals surface area contributed by atoms with E-state index < -0.39 is 0 Å². The van der Waals surface area contributed by atoms with Gasteiger partial charge >= 0.3 is 0 Å². The number of carbonyl (C=O) groups excluding carboxylic acids is 1. The molecule has 0 aliphatic carbocycles. The standard InChI is InChI=1S/C21H23N3O3S/c1-15-7-4-5-11-23(15)19(25)14-28-21-22-18-10-3-2-9-17(18)20(26)24(21)13-16-8-6-12-27-16/h2-3,6,8-10,12,15H,4-5,7,11,13-14H2,1H3. The van der Waals surface area contributed by atoms with Crippen LogP contribution in [0, 0.1) is 0 Å². The molecule has 6 nitrogen and oxygen atoms in total. The molecule has 1 atom stereocenters. The number of rotatable bonds is 5. The largest absolute Gasteiger partial charge is 0.467 e. The first-order chi connectivity index (χ1) is 13.6. The molecule has 146 valence electrons. The molecule has 2 aromatic heterocycles. The Bertz CT molecular complexity index is 1030. The fourth-order valence-corrected chi connectivity index (χ4v) is 4.52. The first kappa shape index (κ1) is 18.8. The third-order valence-corrected chi connectivity index (χ3v) is 6.13. The lowest BCUT2D eigenvalue weighted by molar-refractivity contribution is -0.131. The van der Waals surface area contributed by atoms with E-state index in [-0.39, 0.29) is 23.3 Å². The summed E-state index contributed by atoms with van der Waals surface area (Å²) >= 11 is 1.32. The van der Waals surface area contributed by atoms with E-state index in [2.05, 4.69) is 11.9 Å². The van der Waals surface area contributed by atoms with Gasteiger partial charge in [0.1, 0.15) is 5.76 Å². The van der Waals surface area contributed by atoms with Crippen molar-refractivity contribution in [3.63, 3.8) is 0 Å². The second-order valence-electron chi connectivity index (χ2n) is 7.10. The Morgan fingerprint density at radius 3 is 2.89 bits per heavy atom. The van der Waals surface area contributed by atoms with Gasteiger partial charge in [0.05, 0.1) is 29.5 Å². The lowest BCUT2D eigenvalue weighted by atomic mass is 10.0. The third-order valence-electron chi connectivity index (χ3n) is 5.17. The highest BCUT2D eigenvalue weighted by Crippen LogP contribution is 2.22. The van der Waals surface area contributed by atoms with E-state index in [1.807, 2.05) is 29.2 Å². The first-order valence-corrected chi connectivity index (χ1v) is 10.6. The van der Waals surface area contributed by atoms with Gasteiger partial charge in [-0.1, -0.05) is 23.9 Å². The normalized spacial score (nSPS) is 17.2. The number of aromatic nitrogens is 2. The highest BCUT2D eigenvalue weighted by Gasteiger charge is 2.24. The van der Waals surface area contributed by atoms with Crippen LogP contribution >= 0.6 is 11.8 Å². The van der Waals surface area contributed by atoms with Gasteiger partial charge in [-0.3, -0.25) is 14.2 Å². The molecule has 1 unspecified atom stereocenters. The summed E-state index contributed by atoms with van der Waals surface area (Å²) in [4.78, 5) is 32.4. The number of benzene rings is 1. The summed E-state index contributed by atoms with van der Waals surface area (Å²) in [5.74, 6) is 1.05. The van der Waals surface area contributed by atoms with Crippen LogP contribution < -0.4 is 5.56 Å². The smallest absolute Gasteiger partial charge is 0.262 e. The summed E-state index contributed by atoms with van der Waals surface area (Å²) in [5, 5.41) is 1.10. The lowest BCUT2D eigenvalue weighted by Gasteiger charge is -2.33. The molecule has 0 bridgehead atoms. The number of hydrogen-bond donors (Lipinski definition) is 0. The summed E-state index contributed by atoms with van der Waals surface area (Å²) in [6.07, 6.45) is 4.86. The zero-order chi connectivity index (χ0) is 19.5. The average Bonchev–Trinajstić information content (AvgIpc) is 3.22. The summed E-state index contributed by atoms with van der Waals surface area (Å²) in [7, 11) is 0. The Balaban J connectivity index is 1.63. The zero-order valence-corrected chi connectivity index (χ0v) is 16.7. The molecule has 1 saturated heterocycles. The molecule has 0 saturated carbocycles. The third kappa shape index (κ3) is 3.85. The first-order valence-electron chi connectivity index (χ1n) is 9.57. The number of likely N-dealkylation sites (tertiary alicyclic amines) is 1. The second-order valence-corrected chi connectivity index (χ2v) is 8.05. The van der Waals surface area contributed by atoms with Crippen LogP contribution in [0.15, 0.2) is 57.0 Å². The van der Waals surface area contributed by atoms with Crippen LogP contribution in [0.2, 0.25) is 0 Å². The molecule has 1 aliphatic heterocycles. The van der Waals surface area contributed by atoms with Crippen molar-refractivity contribution in [3.8, 4) is 0 Å². The predicted octanol–water partition coefficient (Wildman–Crippen LogP) is 3.53. The minimum Gasteiger partial charge on any atom is -0.467 e. The van der Waals surface area contributed by atoms with Crippen molar-refractivity contribution in [2.24, 2.45) is 0 Å². The Morgan fingerprint density at radius 1 is 1.25 bits per heavy atom. The molecule has 1 fully saturated rings. The number of hydrogen-bond acceptors (Lipinski definition) is 5. The second kappa shape index (κ2) is 8.22. The summed E-state index contributed by atoms with van der Waals surface area (Å²) in [6, 6.07) is 11.2. The zero-order valence-electron chi connectivity index (χ0n) is 15.8. The molecule has 4 rings (SSSR count). The Hall–Kier alpha value is -2.54. The van der Waals surface area contributed by atoms with Crippen molar-refractivity contribution in [1.29, 1.82) is 0 Å². The average molecular weight is 398 g/mol. The van der Waals surface area contributed by atoms with Gasteiger partial charge in [0, 0.05) is 12.6 Å². The maximum absolute atomic E-state index is 13.0. The molecule has 0 radical (unpaired) electrons. The van der Waals surface area contributed by atoms with Crippen molar-refractivity contribution >= 4 is 28.6 Å². The molecule has 7 heteroatoms. The van der Waals surface area contributed by atoms with Crippen molar-refractivity contribution in [3.05, 3.63) is 58.8 Å². The molecular weight excluding hydrogens is 374 g/mol. The van der Waals surface area contributed by atoms with E-state index in [1.54, 1.807) is 23.0 Å². The predicted molar refractivity (Wildman–Crippen MR) is 110 cm³/mol. The van der Waals surface area contributed by atoms with E-state index in [9.17, 15) is 9.59 Å². The highest BCUT2D eigenvalue weighted by molar-refractivity contribution is 7.99. The Kier molecular flexibility index (Phi) is 5.52. The van der Waals surface area contributed by atoms with Crippen LogP contribution in [0.25, 0.3) is 10.9 Å². The van der Waals surface area contributed by atoms with Crippen molar-refractivity contribution in [2.45, 2.75) is 43.9 Å². The molecule has 1 aliphatic rings. The molecule has 28 heavy (non-hydrogen) atoms. The van der Waals surface area contributed by atoms with Crippen molar-refractivity contribution in [2.75, 3.05) is 12.3 Å². The minimum atomic E-state index is -0.122. The number of thioether (sulfide) groups is 1. The monoisotopic (exact) mass is 397 g/mol. The van der Waals surface area contributed by atoms with Crippen molar-refractivity contribution in [1.82, 2.24) is 14.5 Å². The maximum atomic E-state index is 13.0. The van der Waals surface area contributed by atoms with E-state index in [0.29, 0.717) is 28.4 Å². The van der Waals surface area contributed by atoms with Crippen LogP contribution in [0.5, 0.6) is 0 Å². The van der Waals surface area contributed by atoms with Crippen LogP contribution in [0.3, 0.4) is 0 Å². The fraction of sp³-hybridized carbons (Fsp3) is 0.381. The van der Waals surface area contributed by atoms with Crippen LogP contribution in [-0.4, -0.2) is 38.7 Å². The molecule has 3 heterocycles. The minimum absolute atomic E-state index is 0.101. The van der Waals surface area contributed by atoms with E-state index >= 15 is 0 Å². The fourth-order valence-electron chi connectivity index (χ4n) is 3.63. The van der Waals surface area contributed by atoms with Gasteiger partial charge in [-0.15, -0.1) is 0 Å². The Morgan fingerprint density at radius 2 is 2.11 bits per heavy atom. The highest BCUT2D eigenvalue weighted by atomic mass is 32.2. The van der Waals surface area contributed by atoms with Crippen LogP contribution in [-0.2, 0) is 11.3 Å². The molecule has 0 spiro atoms. The lowest BCUT2D eigenvalue weighted by Crippen LogP contribution is -2.43. The van der Waals surface area contributed by atoms with Crippen LogP contribution in [0.4, 0.5) is 0 Å². The number of fused-ring (bicyclic) bond motifs is 1. The number of furan rings is 1. The van der Waals surface area contributed by atoms with Gasteiger partial charge in [-0.05, 0) is 50.5 Å². The van der Waals surface area contributed by atoms with Gasteiger partial charge in [0.25, 0.3) is 5.56 Å². The number of carbonyl (C=O) groups is 1. The van der Waals surface area contributed by atoms with Gasteiger partial charge in [0.2, 0.25) is 5.91 Å². The Labute approximate surface area is 167 Å². The van der Waals surface area contributed by atoms with Gasteiger partial charge in [-0.2, -0.15) is 0 Å². The van der Waals surface area contributed by atoms with Gasteiger partial charge in [0.15, 0.2) is 5.16 Å². The topological polar surface area (TPSA) is 68.3 Å².